The minimum atomic E-state index is -0.141. The van der Waals surface area contributed by atoms with Crippen LogP contribution in [0.25, 0.3) is 27.5 Å². The van der Waals surface area contributed by atoms with Crippen molar-refractivity contribution >= 4 is 80.0 Å². The molecule has 0 amide bonds. The Bertz CT molecular complexity index is 2540. The topological polar surface area (TPSA) is 49.2 Å². The molecule has 0 saturated heterocycles. The molecule has 0 bridgehead atoms. The maximum Gasteiger partial charge on any atom is 0.286 e. The van der Waals surface area contributed by atoms with Gasteiger partial charge >= 0.3 is 0 Å². The van der Waals surface area contributed by atoms with Gasteiger partial charge in [0.1, 0.15) is 22.3 Å². The molecule has 11 rings (SSSR count). The van der Waals surface area contributed by atoms with Gasteiger partial charge in [-0.25, -0.2) is 4.98 Å². The van der Waals surface area contributed by atoms with Crippen molar-refractivity contribution in [1.29, 1.82) is 0 Å². The molecule has 7 aromatic rings. The van der Waals surface area contributed by atoms with Gasteiger partial charge < -0.3 is 14.0 Å². The lowest BCUT2D eigenvalue weighted by Crippen LogP contribution is -2.64. The van der Waals surface area contributed by atoms with E-state index in [9.17, 15) is 0 Å². The number of rotatable bonds is 0. The molecule has 8 heteroatoms. The van der Waals surface area contributed by atoms with Crippen LogP contribution in [-0.2, 0) is 5.41 Å². The highest BCUT2D eigenvalue weighted by molar-refractivity contribution is 8.00. The molecule has 5 nitrogen and oxygen atoms in total. The zero-order valence-electron chi connectivity index (χ0n) is 25.5. The van der Waals surface area contributed by atoms with Crippen molar-refractivity contribution in [3.05, 3.63) is 103 Å². The summed E-state index contributed by atoms with van der Waals surface area (Å²) in [7, 11) is 0. The Hall–Kier alpha value is -4.94. The van der Waals surface area contributed by atoms with Crippen LogP contribution in [0.5, 0.6) is 23.1 Å². The normalized spacial score (nSPS) is 14.6. The summed E-state index contributed by atoms with van der Waals surface area (Å²) in [5, 5.41) is 3.45. The van der Waals surface area contributed by atoms with Gasteiger partial charge in [0.15, 0.2) is 0 Å². The van der Waals surface area contributed by atoms with Gasteiger partial charge in [0.2, 0.25) is 5.88 Å². The van der Waals surface area contributed by atoms with Gasteiger partial charge in [-0.2, -0.15) is 0 Å². The van der Waals surface area contributed by atoms with Crippen LogP contribution in [0, 0.1) is 0 Å². The van der Waals surface area contributed by atoms with Gasteiger partial charge in [0, 0.05) is 37.9 Å². The number of benzene rings is 5. The van der Waals surface area contributed by atoms with Gasteiger partial charge in [-0.3, -0.25) is 4.98 Å². The van der Waals surface area contributed by atoms with Crippen molar-refractivity contribution in [3.63, 3.8) is 0 Å². The fourth-order valence-corrected chi connectivity index (χ4v) is 9.18. The van der Waals surface area contributed by atoms with Crippen LogP contribution in [-0.4, -0.2) is 28.0 Å². The monoisotopic (exact) mass is 609 g/mol. The molecule has 6 heterocycles. The third kappa shape index (κ3) is 3.10. The quantitative estimate of drug-likeness (QED) is 0.229. The van der Waals surface area contributed by atoms with E-state index in [2.05, 4.69) is 116 Å². The third-order valence-electron chi connectivity index (χ3n) is 10.2. The summed E-state index contributed by atoms with van der Waals surface area (Å²) < 4.78 is 15.7. The lowest BCUT2D eigenvalue weighted by molar-refractivity contribution is 0.444. The molecule has 0 saturated carbocycles. The summed E-state index contributed by atoms with van der Waals surface area (Å²) in [6.45, 7) is 6.47. The Labute approximate surface area is 270 Å². The molecule has 5 aromatic carbocycles. The van der Waals surface area contributed by atoms with Gasteiger partial charge in [-0.15, -0.1) is 0 Å². The number of ether oxygens (including phenoxy) is 2. The first-order chi connectivity index (χ1) is 22.4. The Morgan fingerprint density at radius 2 is 1.41 bits per heavy atom. The van der Waals surface area contributed by atoms with E-state index in [1.54, 1.807) is 11.8 Å². The highest BCUT2D eigenvalue weighted by atomic mass is 32.2. The van der Waals surface area contributed by atoms with Gasteiger partial charge in [-0.05, 0) is 63.8 Å². The zero-order chi connectivity index (χ0) is 30.5. The van der Waals surface area contributed by atoms with Crippen LogP contribution in [0.2, 0.25) is 0 Å². The van der Waals surface area contributed by atoms with Crippen molar-refractivity contribution in [2.45, 2.75) is 36.1 Å². The predicted octanol–water partition coefficient (Wildman–Crippen LogP) is 4.89. The summed E-state index contributed by atoms with van der Waals surface area (Å²) in [4.78, 5) is 12.1. The first-order valence-corrected chi connectivity index (χ1v) is 16.6. The second-order valence-corrected chi connectivity index (χ2v) is 14.8. The molecule has 4 aliphatic heterocycles. The Kier molecular flexibility index (Phi) is 4.64. The summed E-state index contributed by atoms with van der Waals surface area (Å²) in [6, 6.07) is 34.8. The average molecular weight is 609 g/mol. The summed E-state index contributed by atoms with van der Waals surface area (Å²) in [5.74, 6) is 3.09. The van der Waals surface area contributed by atoms with Crippen molar-refractivity contribution in [2.24, 2.45) is 0 Å². The van der Waals surface area contributed by atoms with Crippen LogP contribution < -0.4 is 42.5 Å². The van der Waals surface area contributed by atoms with Crippen molar-refractivity contribution < 1.29 is 9.47 Å². The number of hydrogen-bond donors (Lipinski definition) is 0. The van der Waals surface area contributed by atoms with Gasteiger partial charge in [0.05, 0.1) is 11.1 Å². The molecule has 46 heavy (non-hydrogen) atoms. The first kappa shape index (κ1) is 25.3. The molecule has 0 fully saturated rings. The lowest BCUT2D eigenvalue weighted by atomic mass is 9.35. The van der Waals surface area contributed by atoms with Gasteiger partial charge in [0.25, 0.3) is 13.4 Å². The Morgan fingerprint density at radius 3 is 2.30 bits per heavy atom. The fraction of sp³-hybridized carbons (Fsp3) is 0.105. The number of hydrogen-bond acceptors (Lipinski definition) is 5. The molecule has 0 aliphatic carbocycles. The number of aromatic nitrogens is 3. The molecule has 0 N–H and O–H groups in total. The molecule has 0 unspecified atom stereocenters. The summed E-state index contributed by atoms with van der Waals surface area (Å²) in [5.41, 5.74) is 11.3. The molecule has 4 aliphatic rings. The molecular weight excluding hydrogens is 584 g/mol. The summed E-state index contributed by atoms with van der Waals surface area (Å²) >= 11 is 1.70. The lowest BCUT2D eigenvalue weighted by Gasteiger charge is -2.35. The van der Waals surface area contributed by atoms with Crippen molar-refractivity contribution in [3.8, 4) is 28.8 Å². The molecule has 2 aromatic heterocycles. The Morgan fingerprint density at radius 1 is 0.674 bits per heavy atom. The smallest absolute Gasteiger partial charge is 0.286 e. The first-order valence-electron chi connectivity index (χ1n) is 15.8. The van der Waals surface area contributed by atoms with E-state index in [-0.39, 0.29) is 18.8 Å². The summed E-state index contributed by atoms with van der Waals surface area (Å²) in [6.07, 6.45) is 0. The maximum atomic E-state index is 6.72. The van der Waals surface area contributed by atoms with E-state index >= 15 is 0 Å². The van der Waals surface area contributed by atoms with Crippen LogP contribution in [0.4, 0.5) is 0 Å². The average Bonchev–Trinajstić information content (AvgIpc) is 3.40. The van der Waals surface area contributed by atoms with E-state index < -0.39 is 0 Å². The highest BCUT2D eigenvalue weighted by Crippen LogP contribution is 2.40. The van der Waals surface area contributed by atoms with E-state index in [1.807, 2.05) is 6.07 Å². The number of fused-ring (bicyclic) bond motifs is 11. The van der Waals surface area contributed by atoms with Crippen molar-refractivity contribution in [1.82, 2.24) is 14.5 Å². The zero-order valence-corrected chi connectivity index (χ0v) is 26.3. The highest BCUT2D eigenvalue weighted by Gasteiger charge is 2.46. The van der Waals surface area contributed by atoms with Crippen LogP contribution in [0.15, 0.2) is 107 Å². The van der Waals surface area contributed by atoms with Crippen molar-refractivity contribution in [2.75, 3.05) is 0 Å². The molecule has 0 spiro atoms. The maximum absolute atomic E-state index is 6.72. The minimum absolute atomic E-state index is 0.0417. The van der Waals surface area contributed by atoms with Gasteiger partial charge in [-0.1, -0.05) is 93.2 Å². The fourth-order valence-electron chi connectivity index (χ4n) is 8.10. The van der Waals surface area contributed by atoms with E-state index in [1.165, 1.54) is 43.3 Å². The van der Waals surface area contributed by atoms with Crippen LogP contribution in [0.1, 0.15) is 26.3 Å². The standard InChI is InChI=1S/C38H25B2N3O2S/c1-38(2,3)20-18-28-32-29(19-20)45-36-34(39(32)23-12-5-7-16-27(23)44-28)41-35-37(42-36)46-30-17-9-15-26-31(30)40(35)24-13-8-11-22-21-10-4-6-14-25(21)43(26)33(22)24/h4-19H,1-3H3. The molecule has 216 valence electrons. The molecular formula is C38H25B2N3O2S. The largest absolute Gasteiger partial charge is 0.458 e. The molecule has 0 atom stereocenters. The third-order valence-corrected chi connectivity index (χ3v) is 11.2. The van der Waals surface area contributed by atoms with Crippen LogP contribution in [0.3, 0.4) is 0 Å². The predicted molar refractivity (Wildman–Crippen MR) is 188 cm³/mol. The number of para-hydroxylation sites is 3. The second-order valence-electron chi connectivity index (χ2n) is 13.7. The number of nitrogens with zero attached hydrogens (tertiary/aromatic N) is 3. The molecule has 0 radical (unpaired) electrons. The Balaban J connectivity index is 1.20. The van der Waals surface area contributed by atoms with Crippen LogP contribution >= 0.6 is 11.8 Å². The minimum Gasteiger partial charge on any atom is -0.458 e. The van der Waals surface area contributed by atoms with E-state index in [0.29, 0.717) is 5.88 Å². The van der Waals surface area contributed by atoms with E-state index in [0.717, 1.165) is 50.0 Å². The van der Waals surface area contributed by atoms with E-state index in [4.69, 9.17) is 19.4 Å². The second kappa shape index (κ2) is 8.45. The SMILES string of the molecule is CC(C)(C)c1cc2c3c(c1)Oc1nc4c(nc1B3c1ccccc1O2)B1c2c(cccc2-n2c3ccccc3c3cccc1c32)S4.